The molecule has 0 saturated carbocycles. The lowest BCUT2D eigenvalue weighted by atomic mass is 10.2. The van der Waals surface area contributed by atoms with Crippen molar-refractivity contribution in [1.29, 1.82) is 0 Å². The van der Waals surface area contributed by atoms with Crippen molar-refractivity contribution < 1.29 is 14.7 Å². The minimum atomic E-state index is -1.11. The summed E-state index contributed by atoms with van der Waals surface area (Å²) in [5.74, 6) is -1.64. The molecule has 7 heteroatoms. The van der Waals surface area contributed by atoms with Crippen LogP contribution in [-0.2, 0) is 0 Å². The third-order valence-electron chi connectivity index (χ3n) is 2.42. The largest absolute Gasteiger partial charge is 0.478 e. The zero-order valence-electron chi connectivity index (χ0n) is 9.93. The summed E-state index contributed by atoms with van der Waals surface area (Å²) in [7, 11) is 0. The lowest BCUT2D eigenvalue weighted by Crippen LogP contribution is -2.14. The van der Waals surface area contributed by atoms with Crippen LogP contribution in [0.25, 0.3) is 0 Å². The lowest BCUT2D eigenvalue weighted by Gasteiger charge is -2.08. The predicted octanol–water partition coefficient (Wildman–Crippen LogP) is 3.34. The van der Waals surface area contributed by atoms with Gasteiger partial charge in [-0.1, -0.05) is 23.2 Å². The molecule has 102 valence electrons. The molecule has 0 aliphatic carbocycles. The minimum Gasteiger partial charge on any atom is -0.478 e. The SMILES string of the molecule is O=C(O)c1ccc(Cl)c(NC(=O)c2cc(Cl)ccn2)c1. The first-order valence-electron chi connectivity index (χ1n) is 5.43. The molecule has 0 unspecified atom stereocenters. The van der Waals surface area contributed by atoms with Gasteiger partial charge >= 0.3 is 5.97 Å². The Kier molecular flexibility index (Phi) is 4.22. The molecule has 2 N–H and O–H groups in total. The Labute approximate surface area is 124 Å². The van der Waals surface area contributed by atoms with E-state index in [0.717, 1.165) is 0 Å². The number of pyridine rings is 1. The van der Waals surface area contributed by atoms with E-state index in [9.17, 15) is 9.59 Å². The summed E-state index contributed by atoms with van der Waals surface area (Å²) in [5, 5.41) is 12.0. The van der Waals surface area contributed by atoms with Gasteiger partial charge in [0.05, 0.1) is 16.3 Å². The number of rotatable bonds is 3. The Bertz CT molecular complexity index is 689. The number of anilines is 1. The maximum absolute atomic E-state index is 12.0. The molecule has 0 saturated heterocycles. The number of aromatic carboxylic acids is 1. The molecule has 0 aliphatic rings. The number of nitrogens with zero attached hydrogens (tertiary/aromatic N) is 1. The van der Waals surface area contributed by atoms with Gasteiger partial charge in [0.25, 0.3) is 5.91 Å². The number of carboxylic acids is 1. The van der Waals surface area contributed by atoms with Crippen LogP contribution in [0.2, 0.25) is 10.0 Å². The summed E-state index contributed by atoms with van der Waals surface area (Å²) in [6, 6.07) is 6.94. The Morgan fingerprint density at radius 3 is 2.55 bits per heavy atom. The van der Waals surface area contributed by atoms with Gasteiger partial charge in [0.1, 0.15) is 5.69 Å². The van der Waals surface area contributed by atoms with Crippen molar-refractivity contribution in [3.63, 3.8) is 0 Å². The van der Waals surface area contributed by atoms with Crippen LogP contribution < -0.4 is 5.32 Å². The Morgan fingerprint density at radius 2 is 1.90 bits per heavy atom. The topological polar surface area (TPSA) is 79.3 Å². The maximum atomic E-state index is 12.0. The number of hydrogen-bond donors (Lipinski definition) is 2. The standard InChI is InChI=1S/C13H8Cl2N2O3/c14-8-3-4-16-11(6-8)12(18)17-10-5-7(13(19)20)1-2-9(10)15/h1-6H,(H,17,18)(H,19,20). The summed E-state index contributed by atoms with van der Waals surface area (Å²) in [6.07, 6.45) is 1.40. The molecular formula is C13H8Cl2N2O3. The summed E-state index contributed by atoms with van der Waals surface area (Å²) < 4.78 is 0. The zero-order chi connectivity index (χ0) is 14.7. The Balaban J connectivity index is 2.27. The highest BCUT2D eigenvalue weighted by Crippen LogP contribution is 2.23. The quantitative estimate of drug-likeness (QED) is 0.911. The van der Waals surface area contributed by atoms with Crippen LogP contribution >= 0.6 is 23.2 Å². The second-order valence-corrected chi connectivity index (χ2v) is 4.66. The third kappa shape index (κ3) is 3.26. The first-order chi connectivity index (χ1) is 9.47. The fraction of sp³-hybridized carbons (Fsp3) is 0. The first kappa shape index (κ1) is 14.3. The second kappa shape index (κ2) is 5.90. The van der Waals surface area contributed by atoms with E-state index in [-0.39, 0.29) is 22.0 Å². The van der Waals surface area contributed by atoms with E-state index in [2.05, 4.69) is 10.3 Å². The van der Waals surface area contributed by atoms with Crippen LogP contribution in [0, 0.1) is 0 Å². The summed E-state index contributed by atoms with van der Waals surface area (Å²) in [4.78, 5) is 26.7. The molecule has 0 bridgehead atoms. The molecule has 1 aromatic heterocycles. The number of aromatic nitrogens is 1. The molecule has 1 heterocycles. The molecule has 20 heavy (non-hydrogen) atoms. The normalized spacial score (nSPS) is 10.1. The van der Waals surface area contributed by atoms with E-state index in [1.165, 1.54) is 36.5 Å². The lowest BCUT2D eigenvalue weighted by molar-refractivity contribution is 0.0696. The molecule has 1 amide bonds. The Hall–Kier alpha value is -2.11. The van der Waals surface area contributed by atoms with Crippen molar-refractivity contribution in [2.24, 2.45) is 0 Å². The van der Waals surface area contributed by atoms with E-state index in [0.29, 0.717) is 5.02 Å². The van der Waals surface area contributed by atoms with Gasteiger partial charge in [-0.05, 0) is 30.3 Å². The summed E-state index contributed by atoms with van der Waals surface area (Å²) >= 11 is 11.7. The van der Waals surface area contributed by atoms with Crippen molar-refractivity contribution in [2.75, 3.05) is 5.32 Å². The smallest absolute Gasteiger partial charge is 0.335 e. The molecule has 2 aromatic rings. The number of carbonyl (C=O) groups excluding carboxylic acids is 1. The molecule has 0 spiro atoms. The van der Waals surface area contributed by atoms with Crippen molar-refractivity contribution >= 4 is 40.8 Å². The number of hydrogen-bond acceptors (Lipinski definition) is 3. The molecule has 0 atom stereocenters. The summed E-state index contributed by atoms with van der Waals surface area (Å²) in [6.45, 7) is 0. The van der Waals surface area contributed by atoms with Crippen LogP contribution in [0.3, 0.4) is 0 Å². The Morgan fingerprint density at radius 1 is 1.15 bits per heavy atom. The molecule has 1 aromatic carbocycles. The molecule has 0 fully saturated rings. The fourth-order valence-electron chi connectivity index (χ4n) is 1.47. The highest BCUT2D eigenvalue weighted by Gasteiger charge is 2.12. The summed E-state index contributed by atoms with van der Waals surface area (Å²) in [5.41, 5.74) is 0.316. The molecular weight excluding hydrogens is 303 g/mol. The number of carbonyl (C=O) groups is 2. The number of benzene rings is 1. The number of carboxylic acid groups (broad SMARTS) is 1. The monoisotopic (exact) mass is 310 g/mol. The van der Waals surface area contributed by atoms with E-state index < -0.39 is 11.9 Å². The van der Waals surface area contributed by atoms with Crippen molar-refractivity contribution in [3.05, 3.63) is 57.8 Å². The van der Waals surface area contributed by atoms with Gasteiger partial charge < -0.3 is 10.4 Å². The number of halogens is 2. The van der Waals surface area contributed by atoms with E-state index in [1.54, 1.807) is 0 Å². The second-order valence-electron chi connectivity index (χ2n) is 3.81. The van der Waals surface area contributed by atoms with Gasteiger partial charge in [-0.3, -0.25) is 9.78 Å². The average Bonchev–Trinajstić information content (AvgIpc) is 2.41. The fourth-order valence-corrected chi connectivity index (χ4v) is 1.79. The number of amides is 1. The highest BCUT2D eigenvalue weighted by molar-refractivity contribution is 6.34. The predicted molar refractivity (Wildman–Crippen MR) is 75.6 cm³/mol. The van der Waals surface area contributed by atoms with E-state index >= 15 is 0 Å². The minimum absolute atomic E-state index is 0.0174. The number of nitrogens with one attached hydrogen (secondary N) is 1. The van der Waals surface area contributed by atoms with Crippen LogP contribution in [0.1, 0.15) is 20.8 Å². The zero-order valence-corrected chi connectivity index (χ0v) is 11.4. The molecule has 0 radical (unpaired) electrons. The van der Waals surface area contributed by atoms with Crippen molar-refractivity contribution in [3.8, 4) is 0 Å². The van der Waals surface area contributed by atoms with E-state index in [1.807, 2.05) is 0 Å². The molecule has 2 rings (SSSR count). The third-order valence-corrected chi connectivity index (χ3v) is 2.98. The van der Waals surface area contributed by atoms with Crippen molar-refractivity contribution in [2.45, 2.75) is 0 Å². The van der Waals surface area contributed by atoms with Crippen molar-refractivity contribution in [1.82, 2.24) is 4.98 Å². The maximum Gasteiger partial charge on any atom is 0.335 e. The highest BCUT2D eigenvalue weighted by atomic mass is 35.5. The van der Waals surface area contributed by atoms with Gasteiger partial charge in [-0.25, -0.2) is 4.79 Å². The van der Waals surface area contributed by atoms with Gasteiger partial charge in [0, 0.05) is 11.2 Å². The average molecular weight is 311 g/mol. The van der Waals surface area contributed by atoms with E-state index in [4.69, 9.17) is 28.3 Å². The van der Waals surface area contributed by atoms with Crippen LogP contribution in [0.15, 0.2) is 36.5 Å². The molecule has 0 aliphatic heterocycles. The van der Waals surface area contributed by atoms with Gasteiger partial charge in [0.2, 0.25) is 0 Å². The van der Waals surface area contributed by atoms with Gasteiger partial charge in [0.15, 0.2) is 0 Å². The van der Waals surface area contributed by atoms with Crippen LogP contribution in [0.4, 0.5) is 5.69 Å². The van der Waals surface area contributed by atoms with Crippen LogP contribution in [0.5, 0.6) is 0 Å². The van der Waals surface area contributed by atoms with Gasteiger partial charge in [-0.2, -0.15) is 0 Å². The van der Waals surface area contributed by atoms with Gasteiger partial charge in [-0.15, -0.1) is 0 Å². The first-order valence-corrected chi connectivity index (χ1v) is 6.18. The van der Waals surface area contributed by atoms with Crippen LogP contribution in [-0.4, -0.2) is 22.0 Å². The molecule has 5 nitrogen and oxygen atoms in total.